The Morgan fingerprint density at radius 1 is 1.20 bits per heavy atom. The van der Waals surface area contributed by atoms with Crippen molar-refractivity contribution in [3.8, 4) is 0 Å². The van der Waals surface area contributed by atoms with Crippen LogP contribution in [0.2, 0.25) is 0 Å². The molecule has 0 spiro atoms. The Bertz CT molecular complexity index is 418. The molecular formula is C16H25N3O. The summed E-state index contributed by atoms with van der Waals surface area (Å²) in [6.45, 7) is 8.19. The van der Waals surface area contributed by atoms with E-state index >= 15 is 0 Å². The summed E-state index contributed by atoms with van der Waals surface area (Å²) in [6.07, 6.45) is 6.31. The largest absolute Gasteiger partial charge is 0.370 e. The van der Waals surface area contributed by atoms with Crippen molar-refractivity contribution in [3.05, 3.63) is 24.0 Å². The smallest absolute Gasteiger partial charge is 0.272 e. The number of hydrogen-bond acceptors (Lipinski definition) is 3. The van der Waals surface area contributed by atoms with Crippen LogP contribution in [0.5, 0.6) is 0 Å². The summed E-state index contributed by atoms with van der Waals surface area (Å²) in [6, 6.07) is 3.90. The van der Waals surface area contributed by atoms with Gasteiger partial charge in [0.05, 0.1) is 11.9 Å². The van der Waals surface area contributed by atoms with Gasteiger partial charge in [-0.3, -0.25) is 4.79 Å². The monoisotopic (exact) mass is 275 g/mol. The molecule has 1 saturated heterocycles. The number of rotatable bonds is 6. The number of pyridine rings is 1. The highest BCUT2D eigenvalue weighted by molar-refractivity contribution is 5.92. The average molecular weight is 275 g/mol. The van der Waals surface area contributed by atoms with E-state index in [2.05, 4.69) is 23.7 Å². The molecule has 0 saturated carbocycles. The zero-order chi connectivity index (χ0) is 14.4. The molecule has 0 atom stereocenters. The lowest BCUT2D eigenvalue weighted by Crippen LogP contribution is -2.29. The molecular weight excluding hydrogens is 250 g/mol. The summed E-state index contributed by atoms with van der Waals surface area (Å²) in [5, 5.41) is 0. The molecule has 1 amide bonds. The second-order valence-corrected chi connectivity index (χ2v) is 5.39. The van der Waals surface area contributed by atoms with Crippen LogP contribution in [0.4, 0.5) is 5.69 Å². The number of anilines is 1. The molecule has 1 fully saturated rings. The minimum Gasteiger partial charge on any atom is -0.370 e. The van der Waals surface area contributed by atoms with Crippen LogP contribution >= 0.6 is 0 Å². The Hall–Kier alpha value is -1.58. The van der Waals surface area contributed by atoms with E-state index in [1.165, 1.54) is 0 Å². The van der Waals surface area contributed by atoms with Crippen molar-refractivity contribution in [3.63, 3.8) is 0 Å². The molecule has 2 heterocycles. The molecule has 4 nitrogen and oxygen atoms in total. The van der Waals surface area contributed by atoms with Gasteiger partial charge in [0.15, 0.2) is 0 Å². The van der Waals surface area contributed by atoms with Crippen LogP contribution < -0.4 is 4.90 Å². The first kappa shape index (κ1) is 14.8. The van der Waals surface area contributed by atoms with Crippen molar-refractivity contribution in [2.45, 2.75) is 39.5 Å². The van der Waals surface area contributed by atoms with Gasteiger partial charge < -0.3 is 9.80 Å². The third-order valence-electron chi connectivity index (χ3n) is 3.71. The van der Waals surface area contributed by atoms with Gasteiger partial charge in [-0.2, -0.15) is 0 Å². The zero-order valence-electron chi connectivity index (χ0n) is 12.6. The molecule has 4 heteroatoms. The minimum absolute atomic E-state index is 0.0755. The summed E-state index contributed by atoms with van der Waals surface area (Å²) in [5.74, 6) is 0.0755. The van der Waals surface area contributed by atoms with Crippen LogP contribution in [-0.2, 0) is 0 Å². The fourth-order valence-electron chi connectivity index (χ4n) is 2.69. The van der Waals surface area contributed by atoms with Gasteiger partial charge in [0.25, 0.3) is 5.91 Å². The van der Waals surface area contributed by atoms with E-state index in [1.54, 1.807) is 0 Å². The fraction of sp³-hybridized carbons (Fsp3) is 0.625. The highest BCUT2D eigenvalue weighted by Gasteiger charge is 2.20. The minimum atomic E-state index is 0.0755. The molecule has 2 rings (SSSR count). The van der Waals surface area contributed by atoms with E-state index in [1.807, 2.05) is 23.2 Å². The van der Waals surface area contributed by atoms with Crippen LogP contribution in [0.1, 0.15) is 50.0 Å². The zero-order valence-corrected chi connectivity index (χ0v) is 12.6. The third kappa shape index (κ3) is 3.50. The van der Waals surface area contributed by atoms with Crippen LogP contribution in [0, 0.1) is 0 Å². The van der Waals surface area contributed by atoms with Crippen molar-refractivity contribution in [2.24, 2.45) is 0 Å². The number of aromatic nitrogens is 1. The maximum atomic E-state index is 12.2. The molecule has 0 radical (unpaired) electrons. The molecule has 1 aliphatic rings. The summed E-state index contributed by atoms with van der Waals surface area (Å²) >= 11 is 0. The van der Waals surface area contributed by atoms with E-state index < -0.39 is 0 Å². The summed E-state index contributed by atoms with van der Waals surface area (Å²) in [7, 11) is 0. The van der Waals surface area contributed by atoms with Crippen LogP contribution in [-0.4, -0.2) is 42.0 Å². The highest BCUT2D eigenvalue weighted by Crippen LogP contribution is 2.16. The topological polar surface area (TPSA) is 36.4 Å². The Balaban J connectivity index is 2.06. The average Bonchev–Trinajstić information content (AvgIpc) is 3.01. The molecule has 0 aliphatic carbocycles. The normalized spacial score (nSPS) is 14.6. The lowest BCUT2D eigenvalue weighted by molar-refractivity contribution is 0.0787. The number of carbonyl (C=O) groups is 1. The predicted molar refractivity (Wildman–Crippen MR) is 82.2 cm³/mol. The predicted octanol–water partition coefficient (Wildman–Crippen LogP) is 2.94. The van der Waals surface area contributed by atoms with E-state index in [0.29, 0.717) is 5.69 Å². The van der Waals surface area contributed by atoms with Gasteiger partial charge in [-0.25, -0.2) is 4.98 Å². The standard InChI is InChI=1S/C16H25N3O/c1-3-9-18(10-4-2)14-7-8-15(17-13-14)16(20)19-11-5-6-12-19/h7-8,13H,3-6,9-12H2,1-2H3. The molecule has 0 aromatic carbocycles. The molecule has 0 bridgehead atoms. The van der Waals surface area contributed by atoms with Gasteiger partial charge in [-0.15, -0.1) is 0 Å². The van der Waals surface area contributed by atoms with E-state index in [9.17, 15) is 4.79 Å². The molecule has 20 heavy (non-hydrogen) atoms. The molecule has 0 unspecified atom stereocenters. The van der Waals surface area contributed by atoms with Crippen LogP contribution in [0.15, 0.2) is 18.3 Å². The summed E-state index contributed by atoms with van der Waals surface area (Å²) < 4.78 is 0. The van der Waals surface area contributed by atoms with Crippen molar-refractivity contribution in [1.29, 1.82) is 0 Å². The lowest BCUT2D eigenvalue weighted by atomic mass is 10.2. The second kappa shape index (κ2) is 7.27. The van der Waals surface area contributed by atoms with Crippen molar-refractivity contribution in [1.82, 2.24) is 9.88 Å². The van der Waals surface area contributed by atoms with Crippen molar-refractivity contribution in [2.75, 3.05) is 31.1 Å². The van der Waals surface area contributed by atoms with E-state index in [0.717, 1.165) is 57.5 Å². The van der Waals surface area contributed by atoms with Crippen LogP contribution in [0.3, 0.4) is 0 Å². The molecule has 1 aliphatic heterocycles. The third-order valence-corrected chi connectivity index (χ3v) is 3.71. The van der Waals surface area contributed by atoms with Crippen molar-refractivity contribution < 1.29 is 4.79 Å². The van der Waals surface area contributed by atoms with Gasteiger partial charge in [0.1, 0.15) is 5.69 Å². The summed E-state index contributed by atoms with van der Waals surface area (Å²) in [5.41, 5.74) is 1.69. The summed E-state index contributed by atoms with van der Waals surface area (Å²) in [4.78, 5) is 20.8. The van der Waals surface area contributed by atoms with E-state index in [4.69, 9.17) is 0 Å². The number of amides is 1. The number of likely N-dealkylation sites (tertiary alicyclic amines) is 1. The second-order valence-electron chi connectivity index (χ2n) is 5.39. The molecule has 0 N–H and O–H groups in total. The number of carbonyl (C=O) groups excluding carboxylic acids is 1. The maximum absolute atomic E-state index is 12.2. The van der Waals surface area contributed by atoms with E-state index in [-0.39, 0.29) is 5.91 Å². The molecule has 1 aromatic rings. The number of hydrogen-bond donors (Lipinski definition) is 0. The highest BCUT2D eigenvalue weighted by atomic mass is 16.2. The van der Waals surface area contributed by atoms with Gasteiger partial charge in [0, 0.05) is 26.2 Å². The van der Waals surface area contributed by atoms with Gasteiger partial charge >= 0.3 is 0 Å². The Labute approximate surface area is 121 Å². The first-order valence-electron chi connectivity index (χ1n) is 7.76. The Morgan fingerprint density at radius 2 is 1.85 bits per heavy atom. The quantitative estimate of drug-likeness (QED) is 0.801. The maximum Gasteiger partial charge on any atom is 0.272 e. The SMILES string of the molecule is CCCN(CCC)c1ccc(C(=O)N2CCCC2)nc1. The van der Waals surface area contributed by atoms with Gasteiger partial charge in [-0.1, -0.05) is 13.8 Å². The van der Waals surface area contributed by atoms with Crippen molar-refractivity contribution >= 4 is 11.6 Å². The van der Waals surface area contributed by atoms with Gasteiger partial charge in [0.2, 0.25) is 0 Å². The van der Waals surface area contributed by atoms with Crippen LogP contribution in [0.25, 0.3) is 0 Å². The first-order valence-corrected chi connectivity index (χ1v) is 7.76. The first-order chi connectivity index (χ1) is 9.76. The molecule has 1 aromatic heterocycles. The Morgan fingerprint density at radius 3 is 2.35 bits per heavy atom. The lowest BCUT2D eigenvalue weighted by Gasteiger charge is -2.23. The Kier molecular flexibility index (Phi) is 5.39. The molecule has 110 valence electrons. The number of nitrogens with zero attached hydrogens (tertiary/aromatic N) is 3. The fourth-order valence-corrected chi connectivity index (χ4v) is 2.69. The van der Waals surface area contributed by atoms with Gasteiger partial charge in [-0.05, 0) is 37.8 Å².